The van der Waals surface area contributed by atoms with Crippen LogP contribution >= 0.6 is 0 Å². The van der Waals surface area contributed by atoms with E-state index in [0.717, 1.165) is 0 Å². The molecule has 0 aliphatic heterocycles. The van der Waals surface area contributed by atoms with Gasteiger partial charge in [0.1, 0.15) is 0 Å². The van der Waals surface area contributed by atoms with Gasteiger partial charge < -0.3 is 5.48 Å². The van der Waals surface area contributed by atoms with Gasteiger partial charge in [-0.25, -0.2) is 0 Å². The molecule has 0 bridgehead atoms. The third-order valence-corrected chi connectivity index (χ3v) is 0. The summed E-state index contributed by atoms with van der Waals surface area (Å²) >= 11 is 0. The first kappa shape index (κ1) is 18.7. The smallest absolute Gasteiger partial charge is 0.870 e. The summed E-state index contributed by atoms with van der Waals surface area (Å²) < 4.78 is 8.25. The molecule has 0 rings (SSSR count). The fourth-order valence-electron chi connectivity index (χ4n) is 0. The van der Waals surface area contributed by atoms with Crippen LogP contribution in [0.15, 0.2) is 0 Å². The first-order valence-corrected chi connectivity index (χ1v) is 0.471. The molecule has 0 aliphatic carbocycles. The van der Waals surface area contributed by atoms with E-state index in [2.05, 4.69) is 0 Å². The molecule has 5 heavy (non-hydrogen) atoms. The van der Waals surface area contributed by atoms with Gasteiger partial charge in [0.25, 0.3) is 0 Å². The van der Waals surface area contributed by atoms with Crippen LogP contribution in [0.3, 0.4) is 0 Å². The molecular weight excluding hydrogens is 124 g/mol. The van der Waals surface area contributed by atoms with Gasteiger partial charge in [0.2, 0.25) is 0 Å². The molecule has 5 heteroatoms. The fraction of sp³-hybridized carbons (Fsp3) is 0. The standard InChI is InChI=1S/BO2.H2O.Zn/c2-1-3;;/h;1H2;/q-1;;+2/p-1. The van der Waals surface area contributed by atoms with E-state index in [-0.39, 0.29) is 25.0 Å². The second kappa shape index (κ2) is 28.8. The van der Waals surface area contributed by atoms with Gasteiger partial charge in [0.05, 0.1) is 0 Å². The molecule has 0 radical (unpaired) electrons. The molecule has 0 amide bonds. The summed E-state index contributed by atoms with van der Waals surface area (Å²) in [6.07, 6.45) is 0. The summed E-state index contributed by atoms with van der Waals surface area (Å²) in [6.45, 7) is 0. The normalized spacial score (nSPS) is 1.60. The molecule has 0 aliphatic rings. The van der Waals surface area contributed by atoms with Crippen LogP contribution in [0.5, 0.6) is 0 Å². The van der Waals surface area contributed by atoms with Crippen LogP contribution < -0.4 is 5.02 Å². The summed E-state index contributed by atoms with van der Waals surface area (Å²) in [6, 6.07) is 0. The molecule has 1 N–H and O–H groups in total. The van der Waals surface area contributed by atoms with Crippen molar-refractivity contribution in [3.63, 3.8) is 0 Å². The maximum absolute atomic E-state index is 8.25. The number of hydrogen-bond acceptors (Lipinski definition) is 3. The van der Waals surface area contributed by atoms with Crippen molar-refractivity contribution in [3.8, 4) is 0 Å². The Balaban J connectivity index is -0.0000000200. The maximum atomic E-state index is 8.25. The molecule has 3 nitrogen and oxygen atoms in total. The van der Waals surface area contributed by atoms with E-state index in [1.807, 2.05) is 0 Å². The molecule has 0 saturated heterocycles. The summed E-state index contributed by atoms with van der Waals surface area (Å²) in [5, 5.41) is 8.25. The monoisotopic (exact) mass is 124 g/mol. The molecule has 0 aromatic heterocycles. The Kier molecular flexibility index (Phi) is 108. The summed E-state index contributed by atoms with van der Waals surface area (Å²) in [7, 11) is -0.500. The van der Waals surface area contributed by atoms with Crippen molar-refractivity contribution in [1.29, 1.82) is 0 Å². The van der Waals surface area contributed by atoms with E-state index in [9.17, 15) is 0 Å². The van der Waals surface area contributed by atoms with Crippen molar-refractivity contribution >= 4 is 7.35 Å². The van der Waals surface area contributed by atoms with Crippen molar-refractivity contribution in [2.75, 3.05) is 0 Å². The largest absolute Gasteiger partial charge is 2.00 e. The summed E-state index contributed by atoms with van der Waals surface area (Å²) in [4.78, 5) is 0. The van der Waals surface area contributed by atoms with E-state index >= 15 is 0 Å². The van der Waals surface area contributed by atoms with Gasteiger partial charge in [-0.2, -0.15) is 0 Å². The molecule has 0 atom stereocenters. The third-order valence-electron chi connectivity index (χ3n) is 0. The van der Waals surface area contributed by atoms with Gasteiger partial charge in [-0.1, -0.05) is 0 Å². The second-order valence-corrected chi connectivity index (χ2v) is 0.0962. The van der Waals surface area contributed by atoms with Crippen molar-refractivity contribution in [1.82, 2.24) is 0 Å². The number of rotatable bonds is 0. The Morgan fingerprint density at radius 1 is 1.60 bits per heavy atom. The fourth-order valence-corrected chi connectivity index (χ4v) is 0. The molecule has 0 unspecified atom stereocenters. The van der Waals surface area contributed by atoms with E-state index in [0.29, 0.717) is 0 Å². The second-order valence-electron chi connectivity index (χ2n) is 0.0962. The number of hydrogen-bond donors (Lipinski definition) is 0. The summed E-state index contributed by atoms with van der Waals surface area (Å²) in [5.41, 5.74) is 0. The summed E-state index contributed by atoms with van der Waals surface area (Å²) in [5.74, 6) is 0. The van der Waals surface area contributed by atoms with Crippen molar-refractivity contribution in [3.05, 3.63) is 0 Å². The van der Waals surface area contributed by atoms with Crippen LogP contribution in [0.25, 0.3) is 0 Å². The Morgan fingerprint density at radius 2 is 1.60 bits per heavy atom. The minimum atomic E-state index is -0.500. The van der Waals surface area contributed by atoms with Gasteiger partial charge in [-0.05, 0) is 0 Å². The zero-order valence-electron chi connectivity index (χ0n) is 2.55. The van der Waals surface area contributed by atoms with Crippen LogP contribution in [-0.2, 0) is 24.2 Å². The van der Waals surface area contributed by atoms with Crippen molar-refractivity contribution in [2.45, 2.75) is 0 Å². The Hall–Kier alpha value is 0.248. The molecule has 0 spiro atoms. The molecule has 0 heterocycles. The predicted octanol–water partition coefficient (Wildman–Crippen LogP) is -1.87. The third kappa shape index (κ3) is 348. The minimum Gasteiger partial charge on any atom is -0.870 e. The van der Waals surface area contributed by atoms with Crippen LogP contribution in [0.2, 0.25) is 0 Å². The van der Waals surface area contributed by atoms with E-state index in [4.69, 9.17) is 9.73 Å². The Bertz CT molecular complexity index is 14.4. The van der Waals surface area contributed by atoms with E-state index in [1.165, 1.54) is 0 Å². The molecule has 0 aromatic rings. The van der Waals surface area contributed by atoms with Gasteiger partial charge in [-0.15, -0.1) is 0 Å². The molecule has 24 valence electrons. The van der Waals surface area contributed by atoms with Crippen LogP contribution in [0.4, 0.5) is 0 Å². The molecule has 0 aromatic carbocycles. The van der Waals surface area contributed by atoms with Crippen molar-refractivity contribution < 1.29 is 34.7 Å². The van der Waals surface area contributed by atoms with Gasteiger partial charge in [-0.3, -0.25) is 0 Å². The Morgan fingerprint density at radius 3 is 1.60 bits per heavy atom. The van der Waals surface area contributed by atoms with Gasteiger partial charge in [0.15, 0.2) is 0 Å². The first-order chi connectivity index (χ1) is 1.41. The quantitative estimate of drug-likeness (QED) is 0.356. The van der Waals surface area contributed by atoms with Crippen LogP contribution in [0.1, 0.15) is 0 Å². The zero-order valence-corrected chi connectivity index (χ0v) is 5.52. The minimum absolute atomic E-state index is 0. The van der Waals surface area contributed by atoms with Crippen molar-refractivity contribution in [2.24, 2.45) is 0 Å². The SMILES string of the molecule is O=B[O-].[OH-].[Zn+2]. The maximum Gasteiger partial charge on any atom is 2.00 e. The van der Waals surface area contributed by atoms with Crippen LogP contribution in [-0.4, -0.2) is 12.8 Å². The van der Waals surface area contributed by atoms with Crippen LogP contribution in [0, 0.1) is 0 Å². The van der Waals surface area contributed by atoms with Gasteiger partial charge >= 0.3 is 36.6 Å². The van der Waals surface area contributed by atoms with E-state index in [1.54, 1.807) is 0 Å². The Labute approximate surface area is 42.7 Å². The predicted molar refractivity (Wildman–Crippen MR) is 8.38 cm³/mol. The van der Waals surface area contributed by atoms with E-state index < -0.39 is 7.35 Å². The average Bonchev–Trinajstić information content (AvgIpc) is 0.918. The average molecular weight is 125 g/mol. The first-order valence-electron chi connectivity index (χ1n) is 0.471. The zero-order chi connectivity index (χ0) is 2.71. The molecule has 0 saturated carbocycles. The van der Waals surface area contributed by atoms with Gasteiger partial charge in [0, 0.05) is 0 Å². The molecular formula is HBO3Zn. The topological polar surface area (TPSA) is 70.1 Å². The molecule has 0 fully saturated rings.